The molecule has 316 valence electrons. The number of hydrogen-bond donors (Lipinski definition) is 1. The Bertz CT molecular complexity index is 3070. The van der Waals surface area contributed by atoms with Gasteiger partial charge in [0.1, 0.15) is 11.6 Å². The fraction of sp³-hybridized carbons (Fsp3) is 0.0690. The molecule has 7 nitrogen and oxygen atoms in total. The standard InChI is InChI=1S/C58H47N5O2/c1-2-3-38-60-42-45(56-40-44(27-37-57(56)60)43-24-28-51(29-25-43)61(47-16-8-4-9-17-47)48-18-10-5-11-19-48)26-30-52-35-36-55(39-46(41-59)58(64)65)63(52)54-33-31-53(32-34-54)62(49-20-12-6-13-21-49)50-22-14-7-15-23-50/h4-37,39-40,42H,2-3,38H2,1H3,(H,64,65)/b30-26+,46-39+. The minimum atomic E-state index is -1.27. The van der Waals surface area contributed by atoms with Crippen molar-refractivity contribution in [1.29, 1.82) is 5.26 Å². The average molecular weight is 846 g/mol. The molecule has 0 fully saturated rings. The number of nitriles is 1. The number of rotatable bonds is 15. The van der Waals surface area contributed by atoms with Crippen molar-refractivity contribution in [3.05, 3.63) is 229 Å². The number of benzene rings is 7. The number of aromatic nitrogens is 2. The Morgan fingerprint density at radius 2 is 1.06 bits per heavy atom. The molecule has 0 aliphatic carbocycles. The molecule has 0 unspecified atom stereocenters. The van der Waals surface area contributed by atoms with Gasteiger partial charge in [0, 0.05) is 80.4 Å². The fourth-order valence-electron chi connectivity index (χ4n) is 8.38. The number of aliphatic carboxylic acids is 1. The molecule has 65 heavy (non-hydrogen) atoms. The van der Waals surface area contributed by atoms with Crippen molar-refractivity contribution in [1.82, 2.24) is 9.13 Å². The van der Waals surface area contributed by atoms with Crippen molar-refractivity contribution >= 4 is 69.2 Å². The van der Waals surface area contributed by atoms with Crippen molar-refractivity contribution in [2.24, 2.45) is 0 Å². The molecule has 9 rings (SSSR count). The van der Waals surface area contributed by atoms with Crippen molar-refractivity contribution in [3.63, 3.8) is 0 Å². The van der Waals surface area contributed by atoms with Crippen LogP contribution in [0.3, 0.4) is 0 Å². The second-order valence-corrected chi connectivity index (χ2v) is 15.8. The third kappa shape index (κ3) is 9.01. The van der Waals surface area contributed by atoms with E-state index in [4.69, 9.17) is 0 Å². The van der Waals surface area contributed by atoms with E-state index < -0.39 is 5.97 Å². The highest BCUT2D eigenvalue weighted by atomic mass is 16.4. The van der Waals surface area contributed by atoms with E-state index in [0.717, 1.165) is 92.5 Å². The molecule has 9 aromatic rings. The highest BCUT2D eigenvalue weighted by Gasteiger charge is 2.17. The van der Waals surface area contributed by atoms with Crippen LogP contribution in [0.15, 0.2) is 212 Å². The van der Waals surface area contributed by atoms with Crippen LogP contribution in [0.4, 0.5) is 34.1 Å². The third-order valence-electron chi connectivity index (χ3n) is 11.6. The number of anilines is 6. The minimum Gasteiger partial charge on any atom is -0.477 e. The Balaban J connectivity index is 1.09. The van der Waals surface area contributed by atoms with Crippen LogP contribution >= 0.6 is 0 Å². The van der Waals surface area contributed by atoms with Gasteiger partial charge in [-0.2, -0.15) is 5.26 Å². The van der Waals surface area contributed by atoms with Crippen LogP contribution < -0.4 is 9.80 Å². The van der Waals surface area contributed by atoms with E-state index in [-0.39, 0.29) is 5.57 Å². The van der Waals surface area contributed by atoms with Crippen LogP contribution in [-0.2, 0) is 11.3 Å². The molecular weight excluding hydrogens is 799 g/mol. The first-order valence-corrected chi connectivity index (χ1v) is 21.9. The van der Waals surface area contributed by atoms with Gasteiger partial charge in [-0.25, -0.2) is 4.79 Å². The SMILES string of the molecule is CCCCn1cc(/C=C/c2ccc(/C=C(\C#N)C(=O)O)n2-c2ccc(N(c3ccccc3)c3ccccc3)cc2)c2cc(-c3ccc(N(c4ccccc4)c4ccccc4)cc3)ccc21. The molecule has 7 heteroatoms. The summed E-state index contributed by atoms with van der Waals surface area (Å²) in [5.41, 5.74) is 12.6. The number of hydrogen-bond acceptors (Lipinski definition) is 4. The summed E-state index contributed by atoms with van der Waals surface area (Å²) >= 11 is 0. The number of carboxylic acid groups (broad SMARTS) is 1. The summed E-state index contributed by atoms with van der Waals surface area (Å²) in [7, 11) is 0. The van der Waals surface area contributed by atoms with Gasteiger partial charge in [0.05, 0.1) is 0 Å². The first-order chi connectivity index (χ1) is 32.0. The molecule has 0 bridgehead atoms. The Morgan fingerprint density at radius 3 is 1.55 bits per heavy atom. The zero-order chi connectivity index (χ0) is 44.5. The smallest absolute Gasteiger partial charge is 0.346 e. The van der Waals surface area contributed by atoms with E-state index in [0.29, 0.717) is 5.69 Å². The fourth-order valence-corrected chi connectivity index (χ4v) is 8.38. The second-order valence-electron chi connectivity index (χ2n) is 15.8. The lowest BCUT2D eigenvalue weighted by molar-refractivity contribution is -0.132. The van der Waals surface area contributed by atoms with Crippen LogP contribution in [-0.4, -0.2) is 20.2 Å². The maximum absolute atomic E-state index is 12.1. The number of aryl methyl sites for hydroxylation is 1. The third-order valence-corrected chi connectivity index (χ3v) is 11.6. The maximum Gasteiger partial charge on any atom is 0.346 e. The number of fused-ring (bicyclic) bond motifs is 1. The molecule has 7 aromatic carbocycles. The van der Waals surface area contributed by atoms with Gasteiger partial charge in [-0.15, -0.1) is 0 Å². The second kappa shape index (κ2) is 19.2. The van der Waals surface area contributed by atoms with E-state index in [1.165, 1.54) is 6.08 Å². The van der Waals surface area contributed by atoms with E-state index in [1.54, 1.807) is 0 Å². The molecule has 0 saturated carbocycles. The van der Waals surface area contributed by atoms with Gasteiger partial charge in [0.15, 0.2) is 0 Å². The lowest BCUT2D eigenvalue weighted by atomic mass is 10.0. The number of para-hydroxylation sites is 4. The zero-order valence-corrected chi connectivity index (χ0v) is 36.1. The number of nitrogens with zero attached hydrogens (tertiary/aromatic N) is 5. The number of unbranched alkanes of at least 4 members (excludes halogenated alkanes) is 1. The van der Waals surface area contributed by atoms with Crippen LogP contribution in [0.1, 0.15) is 36.7 Å². The van der Waals surface area contributed by atoms with Crippen LogP contribution in [0, 0.1) is 11.3 Å². The summed E-state index contributed by atoms with van der Waals surface area (Å²) in [5.74, 6) is -1.27. The first kappa shape index (κ1) is 41.7. The molecule has 2 heterocycles. The Hall–Kier alpha value is -8.60. The topological polar surface area (TPSA) is 77.4 Å². The first-order valence-electron chi connectivity index (χ1n) is 21.9. The van der Waals surface area contributed by atoms with Crippen LogP contribution in [0.25, 0.3) is 45.9 Å². The van der Waals surface area contributed by atoms with E-state index >= 15 is 0 Å². The molecule has 0 amide bonds. The summed E-state index contributed by atoms with van der Waals surface area (Å²) < 4.78 is 4.33. The Labute approximate surface area is 379 Å². The summed E-state index contributed by atoms with van der Waals surface area (Å²) in [6, 6.07) is 70.6. The average Bonchev–Trinajstić information content (AvgIpc) is 3.93. The summed E-state index contributed by atoms with van der Waals surface area (Å²) in [4.78, 5) is 16.5. The quantitative estimate of drug-likeness (QED) is 0.0821. The Kier molecular flexibility index (Phi) is 12.3. The lowest BCUT2D eigenvalue weighted by Crippen LogP contribution is -2.10. The molecule has 0 aliphatic heterocycles. The molecule has 0 radical (unpaired) electrons. The van der Waals surface area contributed by atoms with E-state index in [1.807, 2.05) is 83.4 Å². The normalized spacial score (nSPS) is 11.5. The number of carboxylic acids is 1. The van der Waals surface area contributed by atoms with Gasteiger partial charge in [-0.1, -0.05) is 110 Å². The van der Waals surface area contributed by atoms with Gasteiger partial charge in [0.25, 0.3) is 0 Å². The summed E-state index contributed by atoms with van der Waals surface area (Å²) in [6.45, 7) is 3.11. The minimum absolute atomic E-state index is 0.344. The van der Waals surface area contributed by atoms with Crippen LogP contribution in [0.2, 0.25) is 0 Å². The lowest BCUT2D eigenvalue weighted by Gasteiger charge is -2.25. The largest absolute Gasteiger partial charge is 0.477 e. The van der Waals surface area contributed by atoms with Gasteiger partial charge in [0.2, 0.25) is 0 Å². The predicted octanol–water partition coefficient (Wildman–Crippen LogP) is 15.0. The zero-order valence-electron chi connectivity index (χ0n) is 36.1. The van der Waals surface area contributed by atoms with Crippen molar-refractivity contribution < 1.29 is 9.90 Å². The van der Waals surface area contributed by atoms with Gasteiger partial charge < -0.3 is 24.0 Å². The van der Waals surface area contributed by atoms with Gasteiger partial charge in [-0.05, 0) is 139 Å². The molecule has 2 aromatic heterocycles. The van der Waals surface area contributed by atoms with Gasteiger partial charge >= 0.3 is 5.97 Å². The van der Waals surface area contributed by atoms with Crippen LogP contribution in [0.5, 0.6) is 0 Å². The predicted molar refractivity (Wildman–Crippen MR) is 268 cm³/mol. The van der Waals surface area contributed by atoms with E-state index in [2.05, 4.69) is 167 Å². The monoisotopic (exact) mass is 845 g/mol. The maximum atomic E-state index is 12.1. The molecule has 0 spiro atoms. The summed E-state index contributed by atoms with van der Waals surface area (Å²) in [5, 5.41) is 20.7. The highest BCUT2D eigenvalue weighted by molar-refractivity contribution is 5.97. The van der Waals surface area contributed by atoms with Crippen molar-refractivity contribution in [3.8, 4) is 22.9 Å². The van der Waals surface area contributed by atoms with Crippen molar-refractivity contribution in [2.75, 3.05) is 9.80 Å². The summed E-state index contributed by atoms with van der Waals surface area (Å²) in [6.07, 6.45) is 10.0. The number of carbonyl (C=O) groups is 1. The highest BCUT2D eigenvalue weighted by Crippen LogP contribution is 2.38. The molecule has 1 N–H and O–H groups in total. The van der Waals surface area contributed by atoms with Crippen molar-refractivity contribution in [2.45, 2.75) is 26.3 Å². The molecule has 0 saturated heterocycles. The van der Waals surface area contributed by atoms with Gasteiger partial charge in [-0.3, -0.25) is 0 Å². The molecule has 0 atom stereocenters. The molecular formula is C58H47N5O2. The molecule has 0 aliphatic rings. The van der Waals surface area contributed by atoms with E-state index in [9.17, 15) is 15.2 Å². The Morgan fingerprint density at radius 1 is 0.585 bits per heavy atom.